The number of benzene rings is 1. The zero-order valence-corrected chi connectivity index (χ0v) is 13.6. The van der Waals surface area contributed by atoms with Crippen molar-refractivity contribution in [2.24, 2.45) is 5.92 Å². The van der Waals surface area contributed by atoms with E-state index in [9.17, 15) is 5.11 Å². The summed E-state index contributed by atoms with van der Waals surface area (Å²) in [5.41, 5.74) is 2.20. The van der Waals surface area contributed by atoms with Gasteiger partial charge in [0.15, 0.2) is 0 Å². The van der Waals surface area contributed by atoms with Crippen LogP contribution in [0.25, 0.3) is 0 Å². The maximum absolute atomic E-state index is 9.57. The lowest BCUT2D eigenvalue weighted by Gasteiger charge is -2.38. The van der Waals surface area contributed by atoms with Gasteiger partial charge in [0.25, 0.3) is 0 Å². The lowest BCUT2D eigenvalue weighted by molar-refractivity contribution is 0.0726. The Morgan fingerprint density at radius 1 is 1.48 bits per heavy atom. The Balaban J connectivity index is 2.19. The molecule has 21 heavy (non-hydrogen) atoms. The predicted octanol–water partition coefficient (Wildman–Crippen LogP) is 2.28. The molecule has 1 fully saturated rings. The Morgan fingerprint density at radius 2 is 2.29 bits per heavy atom. The van der Waals surface area contributed by atoms with E-state index in [-0.39, 0.29) is 12.6 Å². The van der Waals surface area contributed by atoms with Crippen LogP contribution < -0.4 is 10.2 Å². The number of nitrogens with one attached hydrogen (secondary N) is 1. The maximum Gasteiger partial charge on any atom is 0.0756 e. The molecule has 0 saturated carbocycles. The third-order valence-electron chi connectivity index (χ3n) is 3.66. The second-order valence-electron chi connectivity index (χ2n) is 5.88. The molecule has 1 aliphatic rings. The van der Waals surface area contributed by atoms with E-state index in [1.807, 2.05) is 12.1 Å². The number of ether oxygens (including phenoxy) is 1. The lowest BCUT2D eigenvalue weighted by atomic mass is 10.1. The van der Waals surface area contributed by atoms with E-state index in [2.05, 4.69) is 30.1 Å². The molecule has 0 aliphatic carbocycles. The molecule has 1 heterocycles. The van der Waals surface area contributed by atoms with Crippen LogP contribution >= 0.6 is 11.6 Å². The standard InChI is InChI=1S/C16H25ClN2O2/c1-12(2)8-18-9-13-4-3-5-15(17)16(13)19-6-7-21-11-14(19)10-20/h3-5,12,14,18,20H,6-11H2,1-2H3. The Kier molecular flexibility index (Phi) is 6.30. The third-order valence-corrected chi connectivity index (χ3v) is 3.97. The van der Waals surface area contributed by atoms with Gasteiger partial charge in [0.05, 0.1) is 36.6 Å². The van der Waals surface area contributed by atoms with E-state index in [1.54, 1.807) is 0 Å². The molecule has 118 valence electrons. The van der Waals surface area contributed by atoms with Crippen molar-refractivity contribution in [2.75, 3.05) is 37.8 Å². The average Bonchev–Trinajstić information content (AvgIpc) is 2.47. The minimum Gasteiger partial charge on any atom is -0.394 e. The molecule has 0 amide bonds. The topological polar surface area (TPSA) is 44.7 Å². The van der Waals surface area contributed by atoms with Crippen molar-refractivity contribution < 1.29 is 9.84 Å². The van der Waals surface area contributed by atoms with Gasteiger partial charge < -0.3 is 20.1 Å². The minimum absolute atomic E-state index is 0.0255. The van der Waals surface area contributed by atoms with Crippen LogP contribution in [0.3, 0.4) is 0 Å². The molecular weight excluding hydrogens is 288 g/mol. The number of aliphatic hydroxyl groups is 1. The molecule has 1 atom stereocenters. The number of nitrogens with zero attached hydrogens (tertiary/aromatic N) is 1. The summed E-state index contributed by atoms with van der Waals surface area (Å²) in [5.74, 6) is 0.612. The number of morpholine rings is 1. The first kappa shape index (κ1) is 16.6. The van der Waals surface area contributed by atoms with E-state index >= 15 is 0 Å². The highest BCUT2D eigenvalue weighted by molar-refractivity contribution is 6.33. The monoisotopic (exact) mass is 312 g/mol. The summed E-state index contributed by atoms with van der Waals surface area (Å²) in [6.45, 7) is 8.17. The van der Waals surface area contributed by atoms with Crippen LogP contribution in [0, 0.1) is 5.92 Å². The number of rotatable bonds is 6. The number of hydrogen-bond donors (Lipinski definition) is 2. The molecule has 5 heteroatoms. The van der Waals surface area contributed by atoms with Gasteiger partial charge in [0.1, 0.15) is 0 Å². The quantitative estimate of drug-likeness (QED) is 0.846. The smallest absolute Gasteiger partial charge is 0.0756 e. The fourth-order valence-corrected chi connectivity index (χ4v) is 2.92. The first-order chi connectivity index (χ1) is 10.1. The number of hydrogen-bond acceptors (Lipinski definition) is 4. The molecule has 1 aromatic carbocycles. The Morgan fingerprint density at radius 3 is 3.00 bits per heavy atom. The molecule has 0 spiro atoms. The van der Waals surface area contributed by atoms with E-state index in [0.29, 0.717) is 19.1 Å². The first-order valence-corrected chi connectivity index (χ1v) is 7.94. The van der Waals surface area contributed by atoms with E-state index in [0.717, 1.165) is 30.3 Å². The summed E-state index contributed by atoms with van der Waals surface area (Å²) >= 11 is 6.43. The molecule has 0 radical (unpaired) electrons. The van der Waals surface area contributed by atoms with Crippen molar-refractivity contribution in [3.63, 3.8) is 0 Å². The van der Waals surface area contributed by atoms with E-state index < -0.39 is 0 Å². The van der Waals surface area contributed by atoms with Gasteiger partial charge in [-0.15, -0.1) is 0 Å². The largest absolute Gasteiger partial charge is 0.394 e. The van der Waals surface area contributed by atoms with Crippen LogP contribution in [0.2, 0.25) is 5.02 Å². The molecule has 1 saturated heterocycles. The van der Waals surface area contributed by atoms with Gasteiger partial charge in [0, 0.05) is 13.1 Å². The molecule has 1 aromatic rings. The highest BCUT2D eigenvalue weighted by Gasteiger charge is 2.26. The van der Waals surface area contributed by atoms with Crippen molar-refractivity contribution in [2.45, 2.75) is 26.4 Å². The zero-order chi connectivity index (χ0) is 15.2. The van der Waals surface area contributed by atoms with Crippen LogP contribution in [0.15, 0.2) is 18.2 Å². The number of aliphatic hydroxyl groups excluding tert-OH is 1. The van der Waals surface area contributed by atoms with Crippen LogP contribution in [0.4, 0.5) is 5.69 Å². The molecular formula is C16H25ClN2O2. The average molecular weight is 313 g/mol. The molecule has 1 unspecified atom stereocenters. The molecule has 4 nitrogen and oxygen atoms in total. The Labute approximate surface area is 132 Å². The lowest BCUT2D eigenvalue weighted by Crippen LogP contribution is -2.48. The van der Waals surface area contributed by atoms with Crippen molar-refractivity contribution in [1.29, 1.82) is 0 Å². The molecule has 2 N–H and O–H groups in total. The van der Waals surface area contributed by atoms with Crippen LogP contribution in [-0.4, -0.2) is 44.1 Å². The molecule has 2 rings (SSSR count). The number of anilines is 1. The van der Waals surface area contributed by atoms with Crippen molar-refractivity contribution >= 4 is 17.3 Å². The second kappa shape index (κ2) is 7.99. The fourth-order valence-electron chi connectivity index (χ4n) is 2.62. The van der Waals surface area contributed by atoms with Gasteiger partial charge in [-0.05, 0) is 24.1 Å². The fraction of sp³-hybridized carbons (Fsp3) is 0.625. The van der Waals surface area contributed by atoms with Crippen LogP contribution in [0.1, 0.15) is 19.4 Å². The Hall–Kier alpha value is -0.810. The first-order valence-electron chi connectivity index (χ1n) is 7.56. The normalized spacial score (nSPS) is 19.3. The highest BCUT2D eigenvalue weighted by Crippen LogP contribution is 2.32. The maximum atomic E-state index is 9.57. The van der Waals surface area contributed by atoms with E-state index in [1.165, 1.54) is 5.56 Å². The predicted molar refractivity (Wildman–Crippen MR) is 87.0 cm³/mol. The Bertz CT molecular complexity index is 454. The third kappa shape index (κ3) is 4.33. The van der Waals surface area contributed by atoms with Gasteiger partial charge >= 0.3 is 0 Å². The van der Waals surface area contributed by atoms with Gasteiger partial charge in [-0.1, -0.05) is 37.6 Å². The zero-order valence-electron chi connectivity index (χ0n) is 12.8. The summed E-state index contributed by atoms with van der Waals surface area (Å²) in [5, 5.41) is 13.8. The summed E-state index contributed by atoms with van der Waals surface area (Å²) in [4.78, 5) is 2.18. The summed E-state index contributed by atoms with van der Waals surface area (Å²) in [6, 6.07) is 5.96. The molecule has 1 aliphatic heterocycles. The summed E-state index contributed by atoms with van der Waals surface area (Å²) in [6.07, 6.45) is 0. The van der Waals surface area contributed by atoms with Gasteiger partial charge in [-0.3, -0.25) is 0 Å². The highest BCUT2D eigenvalue weighted by atomic mass is 35.5. The summed E-state index contributed by atoms with van der Waals surface area (Å²) in [7, 11) is 0. The van der Waals surface area contributed by atoms with Crippen LogP contribution in [0.5, 0.6) is 0 Å². The van der Waals surface area contributed by atoms with Crippen molar-refractivity contribution in [3.8, 4) is 0 Å². The van der Waals surface area contributed by atoms with Gasteiger partial charge in [-0.25, -0.2) is 0 Å². The molecule has 0 bridgehead atoms. The summed E-state index contributed by atoms with van der Waals surface area (Å²) < 4.78 is 5.46. The van der Waals surface area contributed by atoms with Gasteiger partial charge in [0.2, 0.25) is 0 Å². The van der Waals surface area contributed by atoms with Crippen LogP contribution in [-0.2, 0) is 11.3 Å². The SMILES string of the molecule is CC(C)CNCc1cccc(Cl)c1N1CCOCC1CO. The number of halogens is 1. The molecule has 0 aromatic heterocycles. The number of para-hydroxylation sites is 1. The van der Waals surface area contributed by atoms with E-state index in [4.69, 9.17) is 16.3 Å². The second-order valence-corrected chi connectivity index (χ2v) is 6.28. The minimum atomic E-state index is -0.0255. The van der Waals surface area contributed by atoms with Crippen molar-refractivity contribution in [3.05, 3.63) is 28.8 Å². The van der Waals surface area contributed by atoms with Gasteiger partial charge in [-0.2, -0.15) is 0 Å². The van der Waals surface area contributed by atoms with Crippen molar-refractivity contribution in [1.82, 2.24) is 5.32 Å².